The van der Waals surface area contributed by atoms with Gasteiger partial charge in [-0.05, 0) is 31.4 Å². The highest BCUT2D eigenvalue weighted by molar-refractivity contribution is 5.83. The molecule has 1 atom stereocenters. The summed E-state index contributed by atoms with van der Waals surface area (Å²) in [5.74, 6) is 0.0286. The number of nitrogens with one attached hydrogen (secondary N) is 1. The van der Waals surface area contributed by atoms with Crippen LogP contribution in [0, 0.1) is 24.0 Å². The molecule has 1 saturated heterocycles. The Morgan fingerprint density at radius 3 is 2.68 bits per heavy atom. The lowest BCUT2D eigenvalue weighted by Crippen LogP contribution is -2.31. The molecule has 1 fully saturated rings. The second-order valence-corrected chi connectivity index (χ2v) is 4.97. The first-order chi connectivity index (χ1) is 8.90. The summed E-state index contributed by atoms with van der Waals surface area (Å²) in [6, 6.07) is 3.19. The molecular weight excluding hydrogens is 246 g/mol. The van der Waals surface area contributed by atoms with E-state index < -0.39 is 0 Å². The highest BCUT2D eigenvalue weighted by Crippen LogP contribution is 2.24. The first-order valence-electron chi connectivity index (χ1n) is 6.13. The van der Waals surface area contributed by atoms with Crippen LogP contribution in [0.2, 0.25) is 0 Å². The van der Waals surface area contributed by atoms with Crippen LogP contribution in [0.5, 0.6) is 0 Å². The Morgan fingerprint density at radius 2 is 2.16 bits per heavy atom. The van der Waals surface area contributed by atoms with Crippen LogP contribution in [-0.2, 0) is 11.2 Å². The summed E-state index contributed by atoms with van der Waals surface area (Å²) in [6.07, 6.45) is 0.477. The third kappa shape index (κ3) is 2.58. The molecule has 1 aliphatic heterocycles. The maximum atomic E-state index is 11.8. The number of nitro groups is 1. The molecule has 2 rings (SSSR count). The van der Waals surface area contributed by atoms with Crippen molar-refractivity contribution in [3.63, 3.8) is 0 Å². The second-order valence-electron chi connectivity index (χ2n) is 4.97. The van der Waals surface area contributed by atoms with Gasteiger partial charge in [0.2, 0.25) is 5.91 Å². The van der Waals surface area contributed by atoms with Crippen LogP contribution >= 0.6 is 0 Å². The highest BCUT2D eigenvalue weighted by Gasteiger charge is 2.29. The van der Waals surface area contributed by atoms with Crippen LogP contribution < -0.4 is 5.32 Å². The van der Waals surface area contributed by atoms with Crippen molar-refractivity contribution >= 4 is 11.6 Å². The van der Waals surface area contributed by atoms with Gasteiger partial charge in [-0.15, -0.1) is 0 Å². The summed E-state index contributed by atoms with van der Waals surface area (Å²) in [5, 5.41) is 14.1. The van der Waals surface area contributed by atoms with Crippen LogP contribution in [0.4, 0.5) is 5.69 Å². The predicted octanol–water partition coefficient (Wildman–Crippen LogP) is 1.14. The van der Waals surface area contributed by atoms with E-state index in [0.717, 1.165) is 11.1 Å². The number of hydrogen-bond donors (Lipinski definition) is 1. The number of carbonyl (C=O) groups excluding carboxylic acids is 1. The minimum Gasteiger partial charge on any atom is -0.332 e. The van der Waals surface area contributed by atoms with Crippen LogP contribution in [0.1, 0.15) is 16.7 Å². The Morgan fingerprint density at radius 1 is 1.47 bits per heavy atom. The van der Waals surface area contributed by atoms with Crippen LogP contribution in [0.25, 0.3) is 0 Å². The van der Waals surface area contributed by atoms with Gasteiger partial charge in [0, 0.05) is 18.7 Å². The second kappa shape index (κ2) is 4.97. The average molecular weight is 263 g/mol. The van der Waals surface area contributed by atoms with Gasteiger partial charge < -0.3 is 4.90 Å². The molecule has 0 spiro atoms. The maximum Gasteiger partial charge on any atom is 0.272 e. The number of benzene rings is 1. The number of nitro benzene ring substituents is 1. The molecular formula is C13H17N3O3. The summed E-state index contributed by atoms with van der Waals surface area (Å²) >= 11 is 0. The molecule has 0 aromatic heterocycles. The molecule has 1 aliphatic rings. The SMILES string of the molecule is Cc1cc(CC2NCN(C)C2=O)cc([N+](=O)[O-])c1C. The molecule has 1 heterocycles. The number of amides is 1. The smallest absolute Gasteiger partial charge is 0.272 e. The third-order valence-corrected chi connectivity index (χ3v) is 3.59. The van der Waals surface area contributed by atoms with Gasteiger partial charge in [-0.25, -0.2) is 0 Å². The van der Waals surface area contributed by atoms with Gasteiger partial charge in [0.15, 0.2) is 0 Å². The molecule has 0 aliphatic carbocycles. The lowest BCUT2D eigenvalue weighted by molar-refractivity contribution is -0.385. The Bertz CT molecular complexity index is 542. The molecule has 1 aromatic rings. The first kappa shape index (κ1) is 13.5. The lowest BCUT2D eigenvalue weighted by atomic mass is 9.99. The Kier molecular flexibility index (Phi) is 3.53. The lowest BCUT2D eigenvalue weighted by Gasteiger charge is -2.11. The van der Waals surface area contributed by atoms with Gasteiger partial charge in [-0.3, -0.25) is 20.2 Å². The van der Waals surface area contributed by atoms with Crippen LogP contribution in [0.3, 0.4) is 0 Å². The van der Waals surface area contributed by atoms with Crippen LogP contribution in [0.15, 0.2) is 12.1 Å². The van der Waals surface area contributed by atoms with E-state index in [1.165, 1.54) is 0 Å². The van der Waals surface area contributed by atoms with Crippen molar-refractivity contribution in [3.05, 3.63) is 38.9 Å². The summed E-state index contributed by atoms with van der Waals surface area (Å²) in [4.78, 5) is 24.0. The number of aryl methyl sites for hydroxylation is 1. The van der Waals surface area contributed by atoms with E-state index in [1.54, 1.807) is 24.9 Å². The van der Waals surface area contributed by atoms with Crippen molar-refractivity contribution < 1.29 is 9.72 Å². The van der Waals surface area contributed by atoms with Crippen molar-refractivity contribution in [2.75, 3.05) is 13.7 Å². The Hall–Kier alpha value is -1.95. The van der Waals surface area contributed by atoms with Crippen LogP contribution in [-0.4, -0.2) is 35.5 Å². The molecule has 6 heteroatoms. The monoisotopic (exact) mass is 263 g/mol. The third-order valence-electron chi connectivity index (χ3n) is 3.59. The van der Waals surface area contributed by atoms with E-state index in [4.69, 9.17) is 0 Å². The largest absolute Gasteiger partial charge is 0.332 e. The standard InChI is InChI=1S/C13H17N3O3/c1-8-4-10(6-12(9(8)2)16(18)19)5-11-13(17)15(3)7-14-11/h4,6,11,14H,5,7H2,1-3H3. The summed E-state index contributed by atoms with van der Waals surface area (Å²) in [7, 11) is 1.73. The molecule has 1 amide bonds. The quantitative estimate of drug-likeness (QED) is 0.655. The number of likely N-dealkylation sites (N-methyl/N-ethyl adjacent to an activating group) is 1. The minimum atomic E-state index is -0.373. The van der Waals surface area contributed by atoms with Crippen molar-refractivity contribution in [1.82, 2.24) is 10.2 Å². The Balaban J connectivity index is 2.26. The summed E-state index contributed by atoms with van der Waals surface area (Å²) in [6.45, 7) is 4.11. The number of nitrogens with zero attached hydrogens (tertiary/aromatic N) is 2. The molecule has 1 unspecified atom stereocenters. The predicted molar refractivity (Wildman–Crippen MR) is 70.8 cm³/mol. The summed E-state index contributed by atoms with van der Waals surface area (Å²) in [5.41, 5.74) is 2.49. The van der Waals surface area contributed by atoms with E-state index >= 15 is 0 Å². The maximum absolute atomic E-state index is 11.8. The minimum absolute atomic E-state index is 0.0286. The topological polar surface area (TPSA) is 75.5 Å². The average Bonchev–Trinajstić information content (AvgIpc) is 2.65. The zero-order chi connectivity index (χ0) is 14.2. The van der Waals surface area contributed by atoms with Gasteiger partial charge in [0.25, 0.3) is 5.69 Å². The molecule has 102 valence electrons. The molecule has 0 bridgehead atoms. The van der Waals surface area contributed by atoms with Crippen molar-refractivity contribution in [1.29, 1.82) is 0 Å². The molecule has 19 heavy (non-hydrogen) atoms. The molecule has 0 radical (unpaired) electrons. The van der Waals surface area contributed by atoms with Crippen molar-refractivity contribution in [2.45, 2.75) is 26.3 Å². The molecule has 0 saturated carbocycles. The van der Waals surface area contributed by atoms with Gasteiger partial charge >= 0.3 is 0 Å². The van der Waals surface area contributed by atoms with Gasteiger partial charge in [0.1, 0.15) is 0 Å². The normalized spacial score (nSPS) is 19.0. The van der Waals surface area contributed by atoms with E-state index in [9.17, 15) is 14.9 Å². The zero-order valence-electron chi connectivity index (χ0n) is 11.3. The van der Waals surface area contributed by atoms with Crippen molar-refractivity contribution in [3.8, 4) is 0 Å². The highest BCUT2D eigenvalue weighted by atomic mass is 16.6. The fourth-order valence-corrected chi connectivity index (χ4v) is 2.29. The number of carbonyl (C=O) groups is 1. The molecule has 6 nitrogen and oxygen atoms in total. The Labute approximate surface area is 111 Å². The number of rotatable bonds is 3. The first-order valence-corrected chi connectivity index (χ1v) is 6.13. The van der Waals surface area contributed by atoms with E-state index in [2.05, 4.69) is 5.32 Å². The molecule has 1 N–H and O–H groups in total. The van der Waals surface area contributed by atoms with E-state index in [0.29, 0.717) is 18.7 Å². The summed E-state index contributed by atoms with van der Waals surface area (Å²) < 4.78 is 0. The van der Waals surface area contributed by atoms with E-state index in [1.807, 2.05) is 13.0 Å². The van der Waals surface area contributed by atoms with Gasteiger partial charge in [0.05, 0.1) is 17.6 Å². The fourth-order valence-electron chi connectivity index (χ4n) is 2.29. The van der Waals surface area contributed by atoms with Gasteiger partial charge in [-0.2, -0.15) is 0 Å². The number of hydrogen-bond acceptors (Lipinski definition) is 4. The zero-order valence-corrected chi connectivity index (χ0v) is 11.3. The van der Waals surface area contributed by atoms with E-state index in [-0.39, 0.29) is 22.6 Å². The van der Waals surface area contributed by atoms with Crippen molar-refractivity contribution in [2.24, 2.45) is 0 Å². The molecule has 1 aromatic carbocycles. The fraction of sp³-hybridized carbons (Fsp3) is 0.462. The van der Waals surface area contributed by atoms with Gasteiger partial charge in [-0.1, -0.05) is 6.07 Å².